The molecule has 0 saturated carbocycles. The van der Waals surface area contributed by atoms with E-state index < -0.39 is 14.9 Å². The number of nitro groups is 1. The van der Waals surface area contributed by atoms with E-state index in [-0.39, 0.29) is 10.6 Å². The molecule has 1 aliphatic rings. The van der Waals surface area contributed by atoms with Crippen molar-refractivity contribution in [1.82, 2.24) is 10.0 Å². The SMILES string of the molecule is O=[N+]([O-])c1ccc(S(=O)(=O)NCCC2CCNC2)cc1. The summed E-state index contributed by atoms with van der Waals surface area (Å²) in [7, 11) is -3.59. The van der Waals surface area contributed by atoms with Crippen LogP contribution in [0, 0.1) is 16.0 Å². The summed E-state index contributed by atoms with van der Waals surface area (Å²) in [5.74, 6) is 0.509. The van der Waals surface area contributed by atoms with E-state index in [0.717, 1.165) is 25.9 Å². The van der Waals surface area contributed by atoms with Crippen LogP contribution in [0.3, 0.4) is 0 Å². The normalized spacial score (nSPS) is 19.1. The Labute approximate surface area is 117 Å². The van der Waals surface area contributed by atoms with Crippen LogP contribution in [0.1, 0.15) is 12.8 Å². The van der Waals surface area contributed by atoms with Crippen LogP contribution < -0.4 is 10.0 Å². The lowest BCUT2D eigenvalue weighted by Gasteiger charge is -2.10. The van der Waals surface area contributed by atoms with E-state index in [1.54, 1.807) is 0 Å². The molecule has 0 bridgehead atoms. The Morgan fingerprint density at radius 2 is 2.05 bits per heavy atom. The highest BCUT2D eigenvalue weighted by molar-refractivity contribution is 7.89. The van der Waals surface area contributed by atoms with Gasteiger partial charge >= 0.3 is 0 Å². The number of nitrogens with zero attached hydrogens (tertiary/aromatic N) is 1. The molecule has 7 nitrogen and oxygen atoms in total. The highest BCUT2D eigenvalue weighted by atomic mass is 32.2. The second kappa shape index (κ2) is 6.29. The standard InChI is InChI=1S/C12H17N3O4S/c16-15(17)11-1-3-12(4-2-11)20(18,19)14-8-6-10-5-7-13-9-10/h1-4,10,13-14H,5-9H2. The molecular formula is C12H17N3O4S. The van der Waals surface area contributed by atoms with E-state index in [4.69, 9.17) is 0 Å². The van der Waals surface area contributed by atoms with Gasteiger partial charge < -0.3 is 5.32 Å². The summed E-state index contributed by atoms with van der Waals surface area (Å²) in [6, 6.07) is 4.88. The van der Waals surface area contributed by atoms with E-state index in [1.807, 2.05) is 0 Å². The predicted molar refractivity (Wildman–Crippen MR) is 73.9 cm³/mol. The number of hydrogen-bond acceptors (Lipinski definition) is 5. The summed E-state index contributed by atoms with van der Waals surface area (Å²) in [5.41, 5.74) is -0.124. The number of nitrogens with one attached hydrogen (secondary N) is 2. The summed E-state index contributed by atoms with van der Waals surface area (Å²) in [6.07, 6.45) is 1.86. The minimum Gasteiger partial charge on any atom is -0.316 e. The van der Waals surface area contributed by atoms with Crippen molar-refractivity contribution in [2.24, 2.45) is 5.92 Å². The molecule has 2 rings (SSSR count). The van der Waals surface area contributed by atoms with E-state index >= 15 is 0 Å². The molecule has 2 N–H and O–H groups in total. The fourth-order valence-electron chi connectivity index (χ4n) is 2.19. The first kappa shape index (κ1) is 14.9. The maximum atomic E-state index is 12.0. The molecule has 1 unspecified atom stereocenters. The second-order valence-corrected chi connectivity index (χ2v) is 6.56. The highest BCUT2D eigenvalue weighted by Crippen LogP contribution is 2.16. The van der Waals surface area contributed by atoms with Crippen molar-refractivity contribution in [3.63, 3.8) is 0 Å². The third-order valence-corrected chi connectivity index (χ3v) is 4.84. The van der Waals surface area contributed by atoms with Gasteiger partial charge in [-0.15, -0.1) is 0 Å². The predicted octanol–water partition coefficient (Wildman–Crippen LogP) is 0.873. The zero-order valence-corrected chi connectivity index (χ0v) is 11.7. The molecule has 8 heteroatoms. The average molecular weight is 299 g/mol. The van der Waals surface area contributed by atoms with Gasteiger partial charge in [-0.25, -0.2) is 13.1 Å². The van der Waals surface area contributed by atoms with Crippen molar-refractivity contribution in [2.75, 3.05) is 19.6 Å². The number of rotatable bonds is 6. The first-order chi connectivity index (χ1) is 9.49. The van der Waals surface area contributed by atoms with E-state index in [2.05, 4.69) is 10.0 Å². The zero-order valence-electron chi connectivity index (χ0n) is 10.9. The van der Waals surface area contributed by atoms with Crippen LogP contribution in [0.25, 0.3) is 0 Å². The van der Waals surface area contributed by atoms with Crippen LogP contribution in [0.5, 0.6) is 0 Å². The van der Waals surface area contributed by atoms with Crippen molar-refractivity contribution in [3.8, 4) is 0 Å². The van der Waals surface area contributed by atoms with Gasteiger partial charge in [0.2, 0.25) is 10.0 Å². The summed E-state index contributed by atoms with van der Waals surface area (Å²) < 4.78 is 26.5. The van der Waals surface area contributed by atoms with E-state index in [9.17, 15) is 18.5 Å². The van der Waals surface area contributed by atoms with Gasteiger partial charge in [-0.05, 0) is 44.0 Å². The van der Waals surface area contributed by atoms with Gasteiger partial charge in [0.1, 0.15) is 0 Å². The molecular weight excluding hydrogens is 282 g/mol. The topological polar surface area (TPSA) is 101 Å². The van der Waals surface area contributed by atoms with Crippen LogP contribution in [-0.2, 0) is 10.0 Å². The van der Waals surface area contributed by atoms with Gasteiger partial charge in [0.25, 0.3) is 5.69 Å². The average Bonchev–Trinajstić information content (AvgIpc) is 2.92. The molecule has 1 atom stereocenters. The number of nitro benzene ring substituents is 1. The van der Waals surface area contributed by atoms with Crippen LogP contribution in [-0.4, -0.2) is 33.0 Å². The van der Waals surface area contributed by atoms with Gasteiger partial charge in [0, 0.05) is 18.7 Å². The van der Waals surface area contributed by atoms with Crippen molar-refractivity contribution in [1.29, 1.82) is 0 Å². The van der Waals surface area contributed by atoms with Crippen LogP contribution in [0.4, 0.5) is 5.69 Å². The Morgan fingerprint density at radius 3 is 2.60 bits per heavy atom. The molecule has 0 aliphatic carbocycles. The molecule has 0 aromatic heterocycles. The summed E-state index contributed by atoms with van der Waals surface area (Å²) in [4.78, 5) is 10.0. The molecule has 0 amide bonds. The zero-order chi connectivity index (χ0) is 14.6. The maximum Gasteiger partial charge on any atom is 0.269 e. The lowest BCUT2D eigenvalue weighted by molar-refractivity contribution is -0.384. The molecule has 1 fully saturated rings. The largest absolute Gasteiger partial charge is 0.316 e. The van der Waals surface area contributed by atoms with Crippen molar-refractivity contribution >= 4 is 15.7 Å². The first-order valence-corrected chi connectivity index (χ1v) is 7.92. The fraction of sp³-hybridized carbons (Fsp3) is 0.500. The maximum absolute atomic E-state index is 12.0. The lowest BCUT2D eigenvalue weighted by atomic mass is 10.1. The molecule has 1 aromatic rings. The van der Waals surface area contributed by atoms with Gasteiger partial charge in [-0.2, -0.15) is 0 Å². The summed E-state index contributed by atoms with van der Waals surface area (Å²) >= 11 is 0. The minimum atomic E-state index is -3.59. The Bertz CT molecular complexity index is 565. The van der Waals surface area contributed by atoms with E-state index in [1.165, 1.54) is 24.3 Å². The monoisotopic (exact) mass is 299 g/mol. The Balaban J connectivity index is 1.93. The third kappa shape index (κ3) is 3.75. The van der Waals surface area contributed by atoms with Crippen molar-refractivity contribution in [2.45, 2.75) is 17.7 Å². The Kier molecular flexibility index (Phi) is 4.69. The Hall–Kier alpha value is -1.51. The minimum absolute atomic E-state index is 0.0487. The molecule has 110 valence electrons. The van der Waals surface area contributed by atoms with Crippen LogP contribution in [0.2, 0.25) is 0 Å². The molecule has 0 spiro atoms. The number of sulfonamides is 1. The quantitative estimate of drug-likeness (QED) is 0.599. The number of benzene rings is 1. The smallest absolute Gasteiger partial charge is 0.269 e. The molecule has 0 radical (unpaired) electrons. The number of hydrogen-bond donors (Lipinski definition) is 2. The molecule has 1 aromatic carbocycles. The van der Waals surface area contributed by atoms with E-state index in [0.29, 0.717) is 12.5 Å². The highest BCUT2D eigenvalue weighted by Gasteiger charge is 2.18. The fourth-order valence-corrected chi connectivity index (χ4v) is 3.24. The van der Waals surface area contributed by atoms with Crippen molar-refractivity contribution in [3.05, 3.63) is 34.4 Å². The van der Waals surface area contributed by atoms with Gasteiger partial charge in [0.05, 0.1) is 9.82 Å². The Morgan fingerprint density at radius 1 is 1.35 bits per heavy atom. The molecule has 1 aliphatic heterocycles. The lowest BCUT2D eigenvalue weighted by Crippen LogP contribution is -2.26. The third-order valence-electron chi connectivity index (χ3n) is 3.36. The summed E-state index contributed by atoms with van der Waals surface area (Å²) in [6.45, 7) is 2.30. The second-order valence-electron chi connectivity index (χ2n) is 4.80. The molecule has 20 heavy (non-hydrogen) atoms. The molecule has 1 saturated heterocycles. The van der Waals surface area contributed by atoms with Crippen molar-refractivity contribution < 1.29 is 13.3 Å². The molecule has 1 heterocycles. The van der Waals surface area contributed by atoms with Gasteiger partial charge in [-0.3, -0.25) is 10.1 Å². The van der Waals surface area contributed by atoms with Crippen LogP contribution in [0.15, 0.2) is 29.2 Å². The van der Waals surface area contributed by atoms with Gasteiger partial charge in [0.15, 0.2) is 0 Å². The van der Waals surface area contributed by atoms with Crippen LogP contribution >= 0.6 is 0 Å². The first-order valence-electron chi connectivity index (χ1n) is 6.44. The summed E-state index contributed by atoms with van der Waals surface area (Å²) in [5, 5.41) is 13.7. The number of non-ortho nitro benzene ring substituents is 1. The van der Waals surface area contributed by atoms with Gasteiger partial charge in [-0.1, -0.05) is 0 Å².